The van der Waals surface area contributed by atoms with E-state index in [4.69, 9.17) is 4.42 Å². The third-order valence-corrected chi connectivity index (χ3v) is 2.25. The van der Waals surface area contributed by atoms with Gasteiger partial charge in [-0.05, 0) is 12.1 Å². The van der Waals surface area contributed by atoms with Gasteiger partial charge in [-0.15, -0.1) is 0 Å². The van der Waals surface area contributed by atoms with E-state index in [1.165, 1.54) is 11.1 Å². The first-order valence-corrected chi connectivity index (χ1v) is 3.96. The van der Waals surface area contributed by atoms with Crippen LogP contribution in [0.1, 0.15) is 11.5 Å². The van der Waals surface area contributed by atoms with Crippen molar-refractivity contribution in [3.8, 4) is 11.1 Å². The molecule has 58 valence electrons. The van der Waals surface area contributed by atoms with Crippen LogP contribution in [0.2, 0.25) is 0 Å². The zero-order valence-corrected chi connectivity index (χ0v) is 6.45. The maximum Gasteiger partial charge on any atom is 0.117 e. The molecular formula is C10H7NO. The number of aromatic nitrogens is 1. The van der Waals surface area contributed by atoms with Crippen LogP contribution in [-0.2, 0) is 6.42 Å². The molecule has 0 unspecified atom stereocenters. The molecule has 1 aliphatic rings. The normalized spacial score (nSPS) is 12.7. The molecule has 0 N–H and O–H groups in total. The van der Waals surface area contributed by atoms with Crippen molar-refractivity contribution in [3.63, 3.8) is 0 Å². The summed E-state index contributed by atoms with van der Waals surface area (Å²) in [6.07, 6.45) is 4.41. The molecule has 2 nitrogen and oxygen atoms in total. The average Bonchev–Trinajstić information content (AvgIpc) is 2.62. The molecular weight excluding hydrogens is 150 g/mol. The Labute approximate surface area is 69.9 Å². The topological polar surface area (TPSA) is 26.0 Å². The molecule has 0 radical (unpaired) electrons. The van der Waals surface area contributed by atoms with Crippen LogP contribution in [0.4, 0.5) is 0 Å². The summed E-state index contributed by atoms with van der Waals surface area (Å²) in [7, 11) is 0. The molecule has 0 fully saturated rings. The highest BCUT2D eigenvalue weighted by Gasteiger charge is 2.21. The summed E-state index contributed by atoms with van der Waals surface area (Å²) in [6, 6.07) is 6.05. The Bertz CT molecular complexity index is 431. The van der Waals surface area contributed by atoms with Gasteiger partial charge in [0.1, 0.15) is 5.76 Å². The van der Waals surface area contributed by atoms with Crippen molar-refractivity contribution in [1.82, 2.24) is 4.98 Å². The van der Waals surface area contributed by atoms with Crippen molar-refractivity contribution in [2.75, 3.05) is 0 Å². The van der Waals surface area contributed by atoms with Crippen molar-refractivity contribution in [3.05, 3.63) is 42.1 Å². The average molecular weight is 157 g/mol. The SMILES string of the molecule is c1cnc2c(c1)-c1ccoc1C2. The zero-order valence-electron chi connectivity index (χ0n) is 6.45. The smallest absolute Gasteiger partial charge is 0.117 e. The van der Waals surface area contributed by atoms with Gasteiger partial charge in [0.25, 0.3) is 0 Å². The Kier molecular flexibility index (Phi) is 0.987. The van der Waals surface area contributed by atoms with Gasteiger partial charge in [0.05, 0.1) is 12.0 Å². The van der Waals surface area contributed by atoms with E-state index >= 15 is 0 Å². The predicted molar refractivity (Wildman–Crippen MR) is 44.7 cm³/mol. The summed E-state index contributed by atoms with van der Waals surface area (Å²) in [5.74, 6) is 1.05. The highest BCUT2D eigenvalue weighted by Crippen LogP contribution is 2.35. The largest absolute Gasteiger partial charge is 0.468 e. The third kappa shape index (κ3) is 0.619. The first-order valence-electron chi connectivity index (χ1n) is 3.96. The molecule has 1 aliphatic carbocycles. The molecule has 0 amide bonds. The van der Waals surface area contributed by atoms with Crippen LogP contribution < -0.4 is 0 Å². The molecule has 2 heteroatoms. The highest BCUT2D eigenvalue weighted by molar-refractivity contribution is 5.72. The van der Waals surface area contributed by atoms with Gasteiger partial charge in [0.2, 0.25) is 0 Å². The second kappa shape index (κ2) is 1.97. The van der Waals surface area contributed by atoms with Gasteiger partial charge in [-0.1, -0.05) is 6.07 Å². The lowest BCUT2D eigenvalue weighted by molar-refractivity contribution is 0.524. The Morgan fingerprint density at radius 1 is 1.25 bits per heavy atom. The molecule has 0 bridgehead atoms. The summed E-state index contributed by atoms with van der Waals surface area (Å²) >= 11 is 0. The second-order valence-electron chi connectivity index (χ2n) is 2.93. The van der Waals surface area contributed by atoms with Crippen molar-refractivity contribution < 1.29 is 4.42 Å². The lowest BCUT2D eigenvalue weighted by Crippen LogP contribution is -1.83. The fraction of sp³-hybridized carbons (Fsp3) is 0.100. The summed E-state index contributed by atoms with van der Waals surface area (Å²) in [5.41, 5.74) is 3.56. The van der Waals surface area contributed by atoms with E-state index in [1.807, 2.05) is 18.3 Å². The van der Waals surface area contributed by atoms with Crippen molar-refractivity contribution in [2.24, 2.45) is 0 Å². The molecule has 0 atom stereocenters. The highest BCUT2D eigenvalue weighted by atomic mass is 16.3. The summed E-state index contributed by atoms with van der Waals surface area (Å²) < 4.78 is 5.32. The quantitative estimate of drug-likeness (QED) is 0.500. The molecule has 2 aromatic heterocycles. The number of hydrogen-bond acceptors (Lipinski definition) is 2. The number of rotatable bonds is 0. The van der Waals surface area contributed by atoms with Gasteiger partial charge in [0.15, 0.2) is 0 Å². The fourth-order valence-electron chi connectivity index (χ4n) is 1.69. The van der Waals surface area contributed by atoms with Gasteiger partial charge in [-0.25, -0.2) is 0 Å². The van der Waals surface area contributed by atoms with Crippen LogP contribution in [0.5, 0.6) is 0 Å². The molecule has 2 aromatic rings. The molecule has 12 heavy (non-hydrogen) atoms. The van der Waals surface area contributed by atoms with E-state index in [2.05, 4.69) is 11.1 Å². The van der Waals surface area contributed by atoms with Crippen LogP contribution in [0.25, 0.3) is 11.1 Å². The molecule has 0 spiro atoms. The van der Waals surface area contributed by atoms with Crippen LogP contribution in [0.15, 0.2) is 35.1 Å². The first-order chi connectivity index (χ1) is 5.95. The predicted octanol–water partition coefficient (Wildman–Crippen LogP) is 2.25. The van der Waals surface area contributed by atoms with Crippen LogP contribution in [0.3, 0.4) is 0 Å². The van der Waals surface area contributed by atoms with E-state index in [9.17, 15) is 0 Å². The minimum absolute atomic E-state index is 0.846. The summed E-state index contributed by atoms with van der Waals surface area (Å²) in [4.78, 5) is 4.29. The van der Waals surface area contributed by atoms with Gasteiger partial charge in [-0.2, -0.15) is 0 Å². The maximum absolute atomic E-state index is 5.32. The lowest BCUT2D eigenvalue weighted by Gasteiger charge is -1.94. The van der Waals surface area contributed by atoms with Gasteiger partial charge in [-0.3, -0.25) is 4.98 Å². The van der Waals surface area contributed by atoms with Crippen molar-refractivity contribution >= 4 is 0 Å². The number of fused-ring (bicyclic) bond motifs is 3. The monoisotopic (exact) mass is 157 g/mol. The van der Waals surface area contributed by atoms with E-state index in [0.29, 0.717) is 0 Å². The van der Waals surface area contributed by atoms with E-state index in [1.54, 1.807) is 6.26 Å². The molecule has 0 aromatic carbocycles. The first kappa shape index (κ1) is 6.00. The second-order valence-corrected chi connectivity index (χ2v) is 2.93. The van der Waals surface area contributed by atoms with Crippen molar-refractivity contribution in [2.45, 2.75) is 6.42 Å². The number of furan rings is 1. The Morgan fingerprint density at radius 3 is 3.25 bits per heavy atom. The van der Waals surface area contributed by atoms with Crippen LogP contribution >= 0.6 is 0 Å². The van der Waals surface area contributed by atoms with E-state index in [-0.39, 0.29) is 0 Å². The zero-order chi connectivity index (χ0) is 7.97. The summed E-state index contributed by atoms with van der Waals surface area (Å²) in [5, 5.41) is 0. The molecule has 2 heterocycles. The summed E-state index contributed by atoms with van der Waals surface area (Å²) in [6.45, 7) is 0. The number of pyridine rings is 1. The van der Waals surface area contributed by atoms with E-state index < -0.39 is 0 Å². The van der Waals surface area contributed by atoms with Gasteiger partial charge < -0.3 is 4.42 Å². The lowest BCUT2D eigenvalue weighted by atomic mass is 10.2. The fourth-order valence-corrected chi connectivity index (χ4v) is 1.69. The standard InChI is InChI=1S/C10H7NO/c1-2-7-8-3-5-12-10(8)6-9(7)11-4-1/h1-5H,6H2. The van der Waals surface area contributed by atoms with Crippen LogP contribution in [0, 0.1) is 0 Å². The van der Waals surface area contributed by atoms with Gasteiger partial charge in [0, 0.05) is 23.7 Å². The minimum Gasteiger partial charge on any atom is -0.468 e. The number of nitrogens with zero attached hydrogens (tertiary/aromatic N) is 1. The Balaban J connectivity index is 2.34. The maximum atomic E-state index is 5.32. The minimum atomic E-state index is 0.846. The third-order valence-electron chi connectivity index (χ3n) is 2.25. The van der Waals surface area contributed by atoms with Crippen LogP contribution in [-0.4, -0.2) is 4.98 Å². The molecule has 0 saturated carbocycles. The Morgan fingerprint density at radius 2 is 2.25 bits per heavy atom. The Hall–Kier alpha value is -1.57. The van der Waals surface area contributed by atoms with Crippen molar-refractivity contribution in [1.29, 1.82) is 0 Å². The van der Waals surface area contributed by atoms with E-state index in [0.717, 1.165) is 17.9 Å². The van der Waals surface area contributed by atoms with Gasteiger partial charge >= 0.3 is 0 Å². The molecule has 0 saturated heterocycles. The molecule has 3 rings (SSSR count). The number of hydrogen-bond donors (Lipinski definition) is 0. The molecule has 0 aliphatic heterocycles.